The molecule has 4 atom stereocenters. The maximum atomic E-state index is 12.3. The molecule has 2 unspecified atom stereocenters. The topological polar surface area (TPSA) is 104 Å². The van der Waals surface area contributed by atoms with Gasteiger partial charge in [0.1, 0.15) is 23.7 Å². The molecule has 8 heteroatoms. The summed E-state index contributed by atoms with van der Waals surface area (Å²) in [4.78, 5) is 22.9. The molecule has 0 spiro atoms. The molecule has 1 fully saturated rings. The van der Waals surface area contributed by atoms with E-state index < -0.39 is 17.7 Å². The Labute approximate surface area is 190 Å². The summed E-state index contributed by atoms with van der Waals surface area (Å²) in [6.07, 6.45) is 3.54. The van der Waals surface area contributed by atoms with E-state index in [1.54, 1.807) is 6.92 Å². The number of Topliss-reactive ketones (excluding diaryl/α,β-unsaturated/α-hetero) is 1. The van der Waals surface area contributed by atoms with Gasteiger partial charge in [-0.15, -0.1) is 0 Å². The average Bonchev–Trinajstić information content (AvgIpc) is 2.95. The van der Waals surface area contributed by atoms with E-state index in [9.17, 15) is 19.8 Å². The molecule has 1 aliphatic rings. The Morgan fingerprint density at radius 1 is 1.23 bits per heavy atom. The molecule has 0 aliphatic heterocycles. The van der Waals surface area contributed by atoms with E-state index in [2.05, 4.69) is 15.9 Å². The smallest absolute Gasteiger partial charge is 0.303 e. The number of carbonyl (C=O) groups excluding carboxylic acids is 1. The zero-order valence-corrected chi connectivity index (χ0v) is 19.7. The van der Waals surface area contributed by atoms with Crippen molar-refractivity contribution in [1.82, 2.24) is 0 Å². The fraction of sp³-hybridized carbons (Fsp3) is 0.636. The standard InChI is InChI=1S/C22H31BrO6S/c1-22(28,13-29-16-10-8-15(23)9-11-16)14-30-21-17(18(24)12-19(21)25)6-4-2-3-5-7-20(26)27/h8-11,17,19,21,25,28H,2-7,12-14H2,1H3,(H,26,27)/t17-,19?,21+,22?/m0/s1. The highest BCUT2D eigenvalue weighted by atomic mass is 79.9. The van der Waals surface area contributed by atoms with Crippen LogP contribution in [0.5, 0.6) is 5.75 Å². The zero-order valence-electron chi connectivity index (χ0n) is 17.3. The monoisotopic (exact) mass is 502 g/mol. The van der Waals surface area contributed by atoms with Crippen molar-refractivity contribution in [2.24, 2.45) is 5.92 Å². The van der Waals surface area contributed by atoms with Gasteiger partial charge in [0.15, 0.2) is 0 Å². The number of unbranched alkanes of at least 4 members (excludes halogenated alkanes) is 3. The second-order valence-electron chi connectivity index (χ2n) is 8.21. The van der Waals surface area contributed by atoms with Crippen molar-refractivity contribution in [3.8, 4) is 5.75 Å². The zero-order chi connectivity index (χ0) is 22.1. The summed E-state index contributed by atoms with van der Waals surface area (Å²) < 4.78 is 6.63. The number of thioether (sulfide) groups is 1. The van der Waals surface area contributed by atoms with Crippen LogP contribution in [0.1, 0.15) is 51.9 Å². The van der Waals surface area contributed by atoms with Gasteiger partial charge in [-0.2, -0.15) is 11.8 Å². The third-order valence-electron chi connectivity index (χ3n) is 5.21. The lowest BCUT2D eigenvalue weighted by Crippen LogP contribution is -2.37. The second-order valence-corrected chi connectivity index (χ2v) is 10.3. The Balaban J connectivity index is 1.78. The van der Waals surface area contributed by atoms with E-state index in [0.29, 0.717) is 24.3 Å². The van der Waals surface area contributed by atoms with Crippen molar-refractivity contribution >= 4 is 39.4 Å². The fourth-order valence-corrected chi connectivity index (χ4v) is 5.30. The molecule has 0 aromatic heterocycles. The molecule has 1 saturated carbocycles. The van der Waals surface area contributed by atoms with Gasteiger partial charge in [-0.1, -0.05) is 35.2 Å². The van der Waals surface area contributed by atoms with Crippen LogP contribution in [0.4, 0.5) is 0 Å². The SMILES string of the molecule is CC(O)(COc1ccc(Br)cc1)CS[C@H]1C(O)CC(=O)[C@@H]1CCCCCCC(=O)O. The van der Waals surface area contributed by atoms with Crippen LogP contribution in [0.3, 0.4) is 0 Å². The number of carboxylic acid groups (broad SMARTS) is 1. The molecule has 0 radical (unpaired) electrons. The molecule has 168 valence electrons. The maximum Gasteiger partial charge on any atom is 0.303 e. The van der Waals surface area contributed by atoms with Crippen LogP contribution < -0.4 is 4.74 Å². The highest BCUT2D eigenvalue weighted by molar-refractivity contribution is 9.10. The van der Waals surface area contributed by atoms with E-state index in [-0.39, 0.29) is 36.4 Å². The van der Waals surface area contributed by atoms with Crippen molar-refractivity contribution in [3.05, 3.63) is 28.7 Å². The van der Waals surface area contributed by atoms with Gasteiger partial charge in [-0.25, -0.2) is 0 Å². The molecule has 0 amide bonds. The van der Waals surface area contributed by atoms with Crippen LogP contribution in [0.2, 0.25) is 0 Å². The predicted octanol–water partition coefficient (Wildman–Crippen LogP) is 4.06. The van der Waals surface area contributed by atoms with Crippen molar-refractivity contribution in [2.75, 3.05) is 12.4 Å². The summed E-state index contributed by atoms with van der Waals surface area (Å²) in [7, 11) is 0. The number of rotatable bonds is 13. The lowest BCUT2D eigenvalue weighted by atomic mass is 9.98. The van der Waals surface area contributed by atoms with Gasteiger partial charge in [0.05, 0.1) is 6.10 Å². The van der Waals surface area contributed by atoms with Crippen LogP contribution in [-0.4, -0.2) is 56.4 Å². The number of aliphatic hydroxyl groups is 2. The van der Waals surface area contributed by atoms with Gasteiger partial charge in [-0.05, 0) is 44.0 Å². The number of hydrogen-bond acceptors (Lipinski definition) is 6. The summed E-state index contributed by atoms with van der Waals surface area (Å²) >= 11 is 4.80. The molecule has 0 bridgehead atoms. The molecule has 2 rings (SSSR count). The minimum atomic E-state index is -1.09. The molecular weight excluding hydrogens is 472 g/mol. The summed E-state index contributed by atoms with van der Waals surface area (Å²) in [6, 6.07) is 7.37. The first kappa shape index (κ1) is 25.2. The third kappa shape index (κ3) is 8.57. The van der Waals surface area contributed by atoms with Gasteiger partial charge < -0.3 is 20.1 Å². The predicted molar refractivity (Wildman–Crippen MR) is 121 cm³/mol. The first-order chi connectivity index (χ1) is 14.2. The Morgan fingerprint density at radius 3 is 2.57 bits per heavy atom. The molecule has 1 aliphatic carbocycles. The summed E-state index contributed by atoms with van der Waals surface area (Å²) in [5.74, 6) is 0.106. The van der Waals surface area contributed by atoms with E-state index in [4.69, 9.17) is 9.84 Å². The molecule has 1 aromatic carbocycles. The van der Waals surface area contributed by atoms with Gasteiger partial charge in [0.2, 0.25) is 0 Å². The van der Waals surface area contributed by atoms with Crippen LogP contribution in [-0.2, 0) is 9.59 Å². The number of aliphatic hydroxyl groups excluding tert-OH is 1. The number of aliphatic carboxylic acids is 1. The van der Waals surface area contributed by atoms with Gasteiger partial charge >= 0.3 is 5.97 Å². The minimum Gasteiger partial charge on any atom is -0.491 e. The largest absolute Gasteiger partial charge is 0.491 e. The number of hydrogen-bond donors (Lipinski definition) is 3. The molecule has 0 heterocycles. The number of benzene rings is 1. The normalized spacial score (nSPS) is 23.3. The fourth-order valence-electron chi connectivity index (χ4n) is 3.56. The highest BCUT2D eigenvalue weighted by Gasteiger charge is 2.42. The summed E-state index contributed by atoms with van der Waals surface area (Å²) in [5.41, 5.74) is -1.09. The number of carbonyl (C=O) groups is 2. The summed E-state index contributed by atoms with van der Waals surface area (Å²) in [5, 5.41) is 29.5. The molecule has 0 saturated heterocycles. The van der Waals surface area contributed by atoms with Crippen LogP contribution in [0, 0.1) is 5.92 Å². The first-order valence-electron chi connectivity index (χ1n) is 10.3. The minimum absolute atomic E-state index is 0.0799. The molecule has 1 aromatic rings. The quantitative estimate of drug-likeness (QED) is 0.349. The number of carboxylic acids is 1. The van der Waals surface area contributed by atoms with E-state index in [0.717, 1.165) is 23.7 Å². The lowest BCUT2D eigenvalue weighted by molar-refractivity contribution is -0.137. The van der Waals surface area contributed by atoms with Crippen molar-refractivity contribution < 1.29 is 29.6 Å². The second kappa shape index (κ2) is 12.1. The number of ketones is 1. The van der Waals surface area contributed by atoms with Gasteiger partial charge in [-0.3, -0.25) is 9.59 Å². The molecule has 6 nitrogen and oxygen atoms in total. The number of halogens is 1. The Morgan fingerprint density at radius 2 is 1.90 bits per heavy atom. The molecule has 30 heavy (non-hydrogen) atoms. The Bertz CT molecular complexity index is 693. The maximum absolute atomic E-state index is 12.3. The van der Waals surface area contributed by atoms with Crippen molar-refractivity contribution in [3.63, 3.8) is 0 Å². The Kier molecular flexibility index (Phi) is 10.1. The third-order valence-corrected chi connectivity index (χ3v) is 7.55. The van der Waals surface area contributed by atoms with E-state index >= 15 is 0 Å². The van der Waals surface area contributed by atoms with Gasteiger partial charge in [0, 0.05) is 34.2 Å². The molecular formula is C22H31BrO6S. The summed E-state index contributed by atoms with van der Waals surface area (Å²) in [6.45, 7) is 1.81. The number of ether oxygens (including phenoxy) is 1. The Hall–Kier alpha value is -1.09. The van der Waals surface area contributed by atoms with Crippen molar-refractivity contribution in [1.29, 1.82) is 0 Å². The van der Waals surface area contributed by atoms with Crippen LogP contribution >= 0.6 is 27.7 Å². The van der Waals surface area contributed by atoms with Crippen LogP contribution in [0.25, 0.3) is 0 Å². The average molecular weight is 503 g/mol. The van der Waals surface area contributed by atoms with Crippen LogP contribution in [0.15, 0.2) is 28.7 Å². The first-order valence-corrected chi connectivity index (χ1v) is 12.2. The lowest BCUT2D eigenvalue weighted by Gasteiger charge is -2.27. The highest BCUT2D eigenvalue weighted by Crippen LogP contribution is 2.37. The van der Waals surface area contributed by atoms with E-state index in [1.165, 1.54) is 11.8 Å². The van der Waals surface area contributed by atoms with E-state index in [1.807, 2.05) is 24.3 Å². The van der Waals surface area contributed by atoms with Crippen molar-refractivity contribution in [2.45, 2.75) is 68.8 Å². The van der Waals surface area contributed by atoms with Gasteiger partial charge in [0.25, 0.3) is 0 Å². The molecule has 3 N–H and O–H groups in total.